The van der Waals surface area contributed by atoms with Crippen LogP contribution >= 0.6 is 0 Å². The Kier molecular flexibility index (Phi) is 3.54. The van der Waals surface area contributed by atoms with Gasteiger partial charge in [-0.2, -0.15) is 0 Å². The summed E-state index contributed by atoms with van der Waals surface area (Å²) in [5, 5.41) is 0. The second-order valence-electron chi connectivity index (χ2n) is 9.54. The summed E-state index contributed by atoms with van der Waals surface area (Å²) in [6.07, 6.45) is 3.91. The lowest BCUT2D eigenvalue weighted by molar-refractivity contribution is -0.137. The van der Waals surface area contributed by atoms with E-state index in [4.69, 9.17) is 0 Å². The normalized spacial score (nSPS) is 24.7. The van der Waals surface area contributed by atoms with Crippen molar-refractivity contribution in [3.63, 3.8) is 0 Å². The van der Waals surface area contributed by atoms with Gasteiger partial charge in [0, 0.05) is 5.92 Å². The molecule has 0 saturated heterocycles. The summed E-state index contributed by atoms with van der Waals surface area (Å²) in [6, 6.07) is 22.7. The minimum absolute atomic E-state index is 0.0103. The maximum Gasteiger partial charge on any atom is 0.210 e. The number of aryl methyl sites for hydroxylation is 1. The SMILES string of the molecule is Cc1cc2c3c(c1)CC1=C4C(C(=O)C(=O)C(c5ccccc5)C(=CC2)C43)c2ccccc21. The molecule has 2 nitrogen and oxygen atoms in total. The van der Waals surface area contributed by atoms with Gasteiger partial charge in [-0.15, -0.1) is 0 Å². The first-order valence-electron chi connectivity index (χ1n) is 11.4. The molecule has 0 N–H and O–H groups in total. The molecule has 7 rings (SSSR count). The van der Waals surface area contributed by atoms with Crippen LogP contribution in [-0.4, -0.2) is 11.6 Å². The van der Waals surface area contributed by atoms with E-state index in [2.05, 4.69) is 37.3 Å². The van der Waals surface area contributed by atoms with E-state index in [-0.39, 0.29) is 17.5 Å². The summed E-state index contributed by atoms with van der Waals surface area (Å²) in [7, 11) is 0. The lowest BCUT2D eigenvalue weighted by atomic mass is 9.66. The largest absolute Gasteiger partial charge is 0.290 e. The molecule has 0 aliphatic heterocycles. The smallest absolute Gasteiger partial charge is 0.210 e. The number of carbonyl (C=O) groups excluding carboxylic acids is 2. The van der Waals surface area contributed by atoms with Crippen LogP contribution in [0.2, 0.25) is 0 Å². The van der Waals surface area contributed by atoms with Gasteiger partial charge in [0.25, 0.3) is 0 Å². The third-order valence-electron chi connectivity index (χ3n) is 7.84. The maximum absolute atomic E-state index is 13.8. The van der Waals surface area contributed by atoms with Crippen molar-refractivity contribution < 1.29 is 9.59 Å². The molecular formula is C30H22O2. The van der Waals surface area contributed by atoms with Crippen LogP contribution in [0.5, 0.6) is 0 Å². The Labute approximate surface area is 187 Å². The molecule has 0 radical (unpaired) electrons. The molecule has 1 fully saturated rings. The Balaban J connectivity index is 1.57. The van der Waals surface area contributed by atoms with Crippen molar-refractivity contribution in [3.05, 3.63) is 123 Å². The van der Waals surface area contributed by atoms with Crippen LogP contribution in [0.1, 0.15) is 56.7 Å². The number of rotatable bonds is 1. The van der Waals surface area contributed by atoms with Crippen molar-refractivity contribution in [1.82, 2.24) is 0 Å². The Bertz CT molecular complexity index is 1410. The van der Waals surface area contributed by atoms with Gasteiger partial charge in [0.05, 0.1) is 11.8 Å². The Morgan fingerprint density at radius 3 is 2.34 bits per heavy atom. The van der Waals surface area contributed by atoms with E-state index < -0.39 is 11.8 Å². The molecule has 4 aliphatic carbocycles. The van der Waals surface area contributed by atoms with E-state index in [9.17, 15) is 9.59 Å². The van der Waals surface area contributed by atoms with Crippen LogP contribution < -0.4 is 0 Å². The number of hydrogen-bond donors (Lipinski definition) is 0. The molecule has 0 spiro atoms. The summed E-state index contributed by atoms with van der Waals surface area (Å²) >= 11 is 0. The number of Topliss-reactive ketones (excluding diaryl/α,β-unsaturated/α-hetero) is 2. The van der Waals surface area contributed by atoms with Gasteiger partial charge in [0.2, 0.25) is 11.6 Å². The van der Waals surface area contributed by atoms with E-state index in [0.717, 1.165) is 35.1 Å². The van der Waals surface area contributed by atoms with Gasteiger partial charge in [-0.25, -0.2) is 0 Å². The summed E-state index contributed by atoms with van der Waals surface area (Å²) in [4.78, 5) is 27.7. The van der Waals surface area contributed by atoms with Gasteiger partial charge >= 0.3 is 0 Å². The summed E-state index contributed by atoms with van der Waals surface area (Å²) in [6.45, 7) is 2.16. The number of hydrogen-bond acceptors (Lipinski definition) is 2. The summed E-state index contributed by atoms with van der Waals surface area (Å²) in [5.74, 6) is -1.45. The molecule has 3 aromatic carbocycles. The quantitative estimate of drug-likeness (QED) is 0.383. The van der Waals surface area contributed by atoms with Crippen molar-refractivity contribution in [2.75, 3.05) is 0 Å². The zero-order valence-electron chi connectivity index (χ0n) is 17.9. The first-order chi connectivity index (χ1) is 15.6. The van der Waals surface area contributed by atoms with Gasteiger partial charge in [-0.3, -0.25) is 9.59 Å². The van der Waals surface area contributed by atoms with Crippen molar-refractivity contribution in [2.45, 2.75) is 37.5 Å². The second-order valence-corrected chi connectivity index (χ2v) is 9.54. The summed E-state index contributed by atoms with van der Waals surface area (Å²) in [5.41, 5.74) is 12.0. The number of benzene rings is 3. The molecule has 32 heavy (non-hydrogen) atoms. The van der Waals surface area contributed by atoms with Crippen LogP contribution in [0.4, 0.5) is 0 Å². The third-order valence-corrected chi connectivity index (χ3v) is 7.84. The molecule has 0 aromatic heterocycles. The number of fused-ring (bicyclic) bond motifs is 3. The second kappa shape index (κ2) is 6.26. The zero-order chi connectivity index (χ0) is 21.6. The monoisotopic (exact) mass is 414 g/mol. The summed E-state index contributed by atoms with van der Waals surface area (Å²) < 4.78 is 0. The lowest BCUT2D eigenvalue weighted by Gasteiger charge is -2.37. The van der Waals surface area contributed by atoms with Crippen LogP contribution in [0.25, 0.3) is 5.57 Å². The third kappa shape index (κ3) is 2.20. The Morgan fingerprint density at radius 2 is 1.50 bits per heavy atom. The van der Waals surface area contributed by atoms with E-state index in [1.807, 2.05) is 42.5 Å². The van der Waals surface area contributed by atoms with Crippen LogP contribution in [-0.2, 0) is 22.4 Å². The fourth-order valence-corrected chi connectivity index (χ4v) is 6.73. The highest BCUT2D eigenvalue weighted by Gasteiger charge is 2.52. The highest BCUT2D eigenvalue weighted by atomic mass is 16.2. The average molecular weight is 415 g/mol. The topological polar surface area (TPSA) is 34.1 Å². The van der Waals surface area contributed by atoms with Gasteiger partial charge < -0.3 is 0 Å². The predicted octanol–water partition coefficient (Wildman–Crippen LogP) is 5.60. The fraction of sp³-hybridized carbons (Fsp3) is 0.200. The van der Waals surface area contributed by atoms with Crippen molar-refractivity contribution >= 4 is 17.1 Å². The predicted molar refractivity (Wildman–Crippen MR) is 125 cm³/mol. The van der Waals surface area contributed by atoms with Crippen molar-refractivity contribution in [2.24, 2.45) is 0 Å². The average Bonchev–Trinajstić information content (AvgIpc) is 3.09. The maximum atomic E-state index is 13.8. The number of carbonyl (C=O) groups is 2. The van der Waals surface area contributed by atoms with Crippen molar-refractivity contribution in [3.8, 4) is 0 Å². The molecule has 4 aliphatic rings. The van der Waals surface area contributed by atoms with Gasteiger partial charge in [-0.1, -0.05) is 78.4 Å². The fourth-order valence-electron chi connectivity index (χ4n) is 6.73. The first kappa shape index (κ1) is 18.1. The molecule has 0 bridgehead atoms. The van der Waals surface area contributed by atoms with E-state index in [1.54, 1.807) is 0 Å². The van der Waals surface area contributed by atoms with Crippen LogP contribution in [0, 0.1) is 6.92 Å². The first-order valence-corrected chi connectivity index (χ1v) is 11.4. The van der Waals surface area contributed by atoms with Crippen molar-refractivity contribution in [1.29, 1.82) is 0 Å². The van der Waals surface area contributed by atoms with Gasteiger partial charge in [0.1, 0.15) is 0 Å². The standard InChI is InChI=1S/C30H22O2/c1-16-13-18-11-12-22-25(17-7-3-2-4-8-17)29(31)30(32)28-21-10-6-5-9-20(21)23-15-19(14-16)24(18)26(22)27(23)28/h2-10,12-14,25-26,28H,11,15H2,1H3. The van der Waals surface area contributed by atoms with Gasteiger partial charge in [0.15, 0.2) is 0 Å². The van der Waals surface area contributed by atoms with E-state index in [1.165, 1.54) is 33.4 Å². The molecule has 3 atom stereocenters. The number of ketones is 2. The molecule has 2 heteroatoms. The molecule has 1 saturated carbocycles. The molecule has 0 amide bonds. The van der Waals surface area contributed by atoms with E-state index >= 15 is 0 Å². The molecular weight excluding hydrogens is 392 g/mol. The molecule has 154 valence electrons. The minimum Gasteiger partial charge on any atom is -0.290 e. The molecule has 3 aromatic rings. The number of allylic oxidation sites excluding steroid dienone is 4. The van der Waals surface area contributed by atoms with Crippen LogP contribution in [0.3, 0.4) is 0 Å². The van der Waals surface area contributed by atoms with E-state index in [0.29, 0.717) is 0 Å². The highest BCUT2D eigenvalue weighted by Crippen LogP contribution is 2.60. The van der Waals surface area contributed by atoms with Gasteiger partial charge in [-0.05, 0) is 69.9 Å². The lowest BCUT2D eigenvalue weighted by Crippen LogP contribution is -2.26. The highest BCUT2D eigenvalue weighted by molar-refractivity contribution is 6.43. The Hall–Kier alpha value is -3.52. The zero-order valence-corrected chi connectivity index (χ0v) is 17.9. The molecule has 0 heterocycles. The van der Waals surface area contributed by atoms with Crippen LogP contribution in [0.15, 0.2) is 84.0 Å². The minimum atomic E-state index is -0.499. The Morgan fingerprint density at radius 1 is 0.781 bits per heavy atom. The molecule has 3 unspecified atom stereocenters.